The molecule has 2 aromatic rings. The Labute approximate surface area is 92.8 Å². The molecule has 0 fully saturated rings. The average Bonchev–Trinajstić information content (AvgIpc) is 2.63. The predicted octanol–water partition coefficient (Wildman–Crippen LogP) is 1.39. The number of nitriles is 1. The van der Waals surface area contributed by atoms with Crippen LogP contribution in [0.3, 0.4) is 0 Å². The number of aryl methyl sites for hydroxylation is 1. The number of para-hydroxylation sites is 1. The average molecular weight is 216 g/mol. The number of aromatic nitrogens is 1. The maximum Gasteiger partial charge on any atom is 0.170 e. The van der Waals surface area contributed by atoms with Gasteiger partial charge in [-0.2, -0.15) is 5.26 Å². The molecular formula is C12H12N2O2. The van der Waals surface area contributed by atoms with Crippen LogP contribution in [-0.4, -0.2) is 21.3 Å². The van der Waals surface area contributed by atoms with Gasteiger partial charge in [0.05, 0.1) is 6.07 Å². The number of hydrogen-bond acceptors (Lipinski definition) is 3. The van der Waals surface area contributed by atoms with Crippen molar-refractivity contribution in [1.82, 2.24) is 4.98 Å². The fraction of sp³-hybridized carbons (Fsp3) is 0.250. The Hall–Kier alpha value is -1.83. The molecule has 82 valence electrons. The van der Waals surface area contributed by atoms with Crippen LogP contribution in [0.15, 0.2) is 24.3 Å². The normalized spacial score (nSPS) is 14.6. The van der Waals surface area contributed by atoms with Crippen molar-refractivity contribution in [2.24, 2.45) is 0 Å². The largest absolute Gasteiger partial charge is 0.384 e. The molecule has 16 heavy (non-hydrogen) atoms. The molecule has 2 atom stereocenters. The standard InChI is InChI=1S/C12H12N2O2/c1-7-11(12(16)10(15)6-13)8-4-2-3-5-9(8)14-7/h2-5,10,12,14-16H,1H3. The fourth-order valence-corrected chi connectivity index (χ4v) is 1.91. The van der Waals surface area contributed by atoms with Crippen LogP contribution in [-0.2, 0) is 0 Å². The van der Waals surface area contributed by atoms with Crippen LogP contribution < -0.4 is 0 Å². The Balaban J connectivity index is 2.60. The van der Waals surface area contributed by atoms with E-state index in [1.54, 1.807) is 6.07 Å². The lowest BCUT2D eigenvalue weighted by atomic mass is 10.0. The highest BCUT2D eigenvalue weighted by molar-refractivity contribution is 5.85. The monoisotopic (exact) mass is 216 g/mol. The molecule has 1 aromatic carbocycles. The van der Waals surface area contributed by atoms with Crippen molar-refractivity contribution >= 4 is 10.9 Å². The van der Waals surface area contributed by atoms with Crippen LogP contribution in [0.1, 0.15) is 17.4 Å². The van der Waals surface area contributed by atoms with Gasteiger partial charge in [0.2, 0.25) is 0 Å². The van der Waals surface area contributed by atoms with E-state index in [0.717, 1.165) is 16.6 Å². The van der Waals surface area contributed by atoms with E-state index in [-0.39, 0.29) is 0 Å². The first-order valence-electron chi connectivity index (χ1n) is 4.98. The topological polar surface area (TPSA) is 80.0 Å². The van der Waals surface area contributed by atoms with E-state index in [4.69, 9.17) is 5.26 Å². The quantitative estimate of drug-likeness (QED) is 0.664. The molecule has 0 amide bonds. The van der Waals surface area contributed by atoms with Crippen LogP contribution in [0.25, 0.3) is 10.9 Å². The van der Waals surface area contributed by atoms with Gasteiger partial charge in [0.25, 0.3) is 0 Å². The first-order chi connectivity index (χ1) is 7.65. The number of aliphatic hydroxyl groups excluding tert-OH is 2. The smallest absolute Gasteiger partial charge is 0.170 e. The molecule has 0 aliphatic heterocycles. The minimum atomic E-state index is -1.40. The lowest BCUT2D eigenvalue weighted by Gasteiger charge is -2.12. The van der Waals surface area contributed by atoms with Crippen molar-refractivity contribution in [2.75, 3.05) is 0 Å². The van der Waals surface area contributed by atoms with Crippen LogP contribution in [0.4, 0.5) is 0 Å². The molecule has 0 aliphatic carbocycles. The second-order valence-corrected chi connectivity index (χ2v) is 3.73. The Bertz CT molecular complexity index is 554. The molecule has 2 rings (SSSR count). The molecule has 0 saturated carbocycles. The van der Waals surface area contributed by atoms with Gasteiger partial charge in [0, 0.05) is 22.2 Å². The SMILES string of the molecule is Cc1[nH]c2ccccc2c1C(O)C(O)C#N. The first-order valence-corrected chi connectivity index (χ1v) is 4.98. The number of nitrogens with one attached hydrogen (secondary N) is 1. The van der Waals surface area contributed by atoms with Gasteiger partial charge in [-0.25, -0.2) is 0 Å². The van der Waals surface area contributed by atoms with Gasteiger partial charge in [-0.3, -0.25) is 0 Å². The number of fused-ring (bicyclic) bond motifs is 1. The molecule has 1 heterocycles. The van der Waals surface area contributed by atoms with E-state index >= 15 is 0 Å². The number of nitrogens with zero attached hydrogens (tertiary/aromatic N) is 1. The van der Waals surface area contributed by atoms with Crippen molar-refractivity contribution in [3.05, 3.63) is 35.5 Å². The highest BCUT2D eigenvalue weighted by Gasteiger charge is 2.23. The maximum absolute atomic E-state index is 9.86. The summed E-state index contributed by atoms with van der Waals surface area (Å²) in [4.78, 5) is 3.11. The van der Waals surface area contributed by atoms with E-state index < -0.39 is 12.2 Å². The molecule has 4 heteroatoms. The first kappa shape index (κ1) is 10.7. The summed E-state index contributed by atoms with van der Waals surface area (Å²) in [5, 5.41) is 28.7. The summed E-state index contributed by atoms with van der Waals surface area (Å²) in [7, 11) is 0. The Kier molecular flexibility index (Phi) is 2.65. The maximum atomic E-state index is 9.86. The van der Waals surface area contributed by atoms with Gasteiger partial charge in [-0.1, -0.05) is 18.2 Å². The van der Waals surface area contributed by atoms with Gasteiger partial charge < -0.3 is 15.2 Å². The molecule has 0 spiro atoms. The summed E-state index contributed by atoms with van der Waals surface area (Å²) in [6.07, 6.45) is -2.58. The zero-order valence-corrected chi connectivity index (χ0v) is 8.81. The van der Waals surface area contributed by atoms with Gasteiger partial charge in [-0.15, -0.1) is 0 Å². The Morgan fingerprint density at radius 3 is 2.69 bits per heavy atom. The van der Waals surface area contributed by atoms with E-state index in [9.17, 15) is 10.2 Å². The molecule has 0 radical (unpaired) electrons. The summed E-state index contributed by atoms with van der Waals surface area (Å²) in [5.74, 6) is 0. The minimum absolute atomic E-state index is 0.588. The van der Waals surface area contributed by atoms with Crippen molar-refractivity contribution in [2.45, 2.75) is 19.1 Å². The van der Waals surface area contributed by atoms with Crippen molar-refractivity contribution in [3.8, 4) is 6.07 Å². The van der Waals surface area contributed by atoms with Crippen LogP contribution >= 0.6 is 0 Å². The molecule has 0 aliphatic rings. The molecule has 3 N–H and O–H groups in total. The van der Waals surface area contributed by atoms with Gasteiger partial charge in [0.1, 0.15) is 6.10 Å². The Morgan fingerprint density at radius 2 is 2.00 bits per heavy atom. The second-order valence-electron chi connectivity index (χ2n) is 3.73. The molecule has 0 bridgehead atoms. The molecule has 1 aromatic heterocycles. The summed E-state index contributed by atoms with van der Waals surface area (Å²) in [6, 6.07) is 9.11. The number of hydrogen-bond donors (Lipinski definition) is 3. The number of rotatable bonds is 2. The lowest BCUT2D eigenvalue weighted by Crippen LogP contribution is -2.16. The second kappa shape index (κ2) is 3.97. The molecule has 0 saturated heterocycles. The third-order valence-corrected chi connectivity index (χ3v) is 2.67. The summed E-state index contributed by atoms with van der Waals surface area (Å²) in [6.45, 7) is 1.81. The van der Waals surface area contributed by atoms with E-state index in [1.165, 1.54) is 0 Å². The molecular weight excluding hydrogens is 204 g/mol. The van der Waals surface area contributed by atoms with E-state index in [1.807, 2.05) is 31.2 Å². The number of aromatic amines is 1. The molecule has 2 unspecified atom stereocenters. The third kappa shape index (κ3) is 1.56. The van der Waals surface area contributed by atoms with Gasteiger partial charge in [0.15, 0.2) is 6.10 Å². The summed E-state index contributed by atoms with van der Waals surface area (Å²) >= 11 is 0. The summed E-state index contributed by atoms with van der Waals surface area (Å²) < 4.78 is 0. The van der Waals surface area contributed by atoms with Gasteiger partial charge in [-0.05, 0) is 13.0 Å². The number of benzene rings is 1. The van der Waals surface area contributed by atoms with Crippen molar-refractivity contribution in [1.29, 1.82) is 5.26 Å². The van der Waals surface area contributed by atoms with Crippen LogP contribution in [0.2, 0.25) is 0 Å². The minimum Gasteiger partial charge on any atom is -0.384 e. The zero-order valence-electron chi connectivity index (χ0n) is 8.81. The highest BCUT2D eigenvalue weighted by atomic mass is 16.3. The Morgan fingerprint density at radius 1 is 1.31 bits per heavy atom. The summed E-state index contributed by atoms with van der Waals surface area (Å²) in [5.41, 5.74) is 2.24. The fourth-order valence-electron chi connectivity index (χ4n) is 1.91. The van der Waals surface area contributed by atoms with Crippen molar-refractivity contribution < 1.29 is 10.2 Å². The van der Waals surface area contributed by atoms with E-state index in [2.05, 4.69) is 4.98 Å². The number of aliphatic hydroxyl groups is 2. The predicted molar refractivity (Wildman–Crippen MR) is 59.6 cm³/mol. The highest BCUT2D eigenvalue weighted by Crippen LogP contribution is 2.29. The molecule has 4 nitrogen and oxygen atoms in total. The van der Waals surface area contributed by atoms with E-state index in [0.29, 0.717) is 5.56 Å². The van der Waals surface area contributed by atoms with Crippen LogP contribution in [0, 0.1) is 18.3 Å². The van der Waals surface area contributed by atoms with Crippen LogP contribution in [0.5, 0.6) is 0 Å². The third-order valence-electron chi connectivity index (χ3n) is 2.67. The van der Waals surface area contributed by atoms with Crippen molar-refractivity contribution in [3.63, 3.8) is 0 Å². The zero-order chi connectivity index (χ0) is 11.7. The number of H-pyrrole nitrogens is 1. The van der Waals surface area contributed by atoms with Gasteiger partial charge >= 0.3 is 0 Å². The lowest BCUT2D eigenvalue weighted by molar-refractivity contribution is 0.0533.